The van der Waals surface area contributed by atoms with Crippen molar-refractivity contribution in [2.24, 2.45) is 0 Å². The second kappa shape index (κ2) is 9.18. The Labute approximate surface area is 153 Å². The molecule has 0 unspecified atom stereocenters. The summed E-state index contributed by atoms with van der Waals surface area (Å²) in [6.07, 6.45) is 0. The zero-order valence-electron chi connectivity index (χ0n) is 14.2. The minimum absolute atomic E-state index is 0. The summed E-state index contributed by atoms with van der Waals surface area (Å²) in [6, 6.07) is 7.54. The Morgan fingerprint density at radius 3 is 2.67 bits per heavy atom. The van der Waals surface area contributed by atoms with Crippen LogP contribution in [0, 0.1) is 0 Å². The highest BCUT2D eigenvalue weighted by atomic mass is 35.5. The highest BCUT2D eigenvalue weighted by molar-refractivity contribution is 7.12. The van der Waals surface area contributed by atoms with Gasteiger partial charge in [-0.1, -0.05) is 32.0 Å². The van der Waals surface area contributed by atoms with E-state index in [1.54, 1.807) is 11.4 Å². The Morgan fingerprint density at radius 1 is 1.33 bits per heavy atom. The van der Waals surface area contributed by atoms with Gasteiger partial charge in [-0.05, 0) is 24.6 Å². The minimum atomic E-state index is -0.0503. The van der Waals surface area contributed by atoms with Gasteiger partial charge in [-0.3, -0.25) is 9.69 Å². The molecule has 2 aromatic rings. The van der Waals surface area contributed by atoms with Gasteiger partial charge in [0.05, 0.1) is 11.5 Å². The minimum Gasteiger partial charge on any atom is -0.507 e. The summed E-state index contributed by atoms with van der Waals surface area (Å²) in [6.45, 7) is 5.32. The number of nitrogens with zero attached hydrogens (tertiary/aromatic N) is 1. The molecule has 0 fully saturated rings. The standard InChI is InChI=1S/C18H23NO3S.ClH/c1-12(2)16-15(21)11-23-18(16)17(22)14-6-4-5-13(9-14)10-19(3)7-8-20;/h4-6,9,11-12,20-21H,7-8,10H2,1-3H3;1H. The molecule has 132 valence electrons. The number of aromatic hydroxyl groups is 1. The van der Waals surface area contributed by atoms with Crippen LogP contribution in [0.4, 0.5) is 0 Å². The first kappa shape index (κ1) is 20.6. The second-order valence-corrected chi connectivity index (χ2v) is 6.89. The lowest BCUT2D eigenvalue weighted by Crippen LogP contribution is -2.21. The normalized spacial score (nSPS) is 10.9. The number of carbonyl (C=O) groups excluding carboxylic acids is 1. The quantitative estimate of drug-likeness (QED) is 0.731. The summed E-state index contributed by atoms with van der Waals surface area (Å²) in [5, 5.41) is 20.6. The van der Waals surface area contributed by atoms with Crippen LogP contribution in [-0.4, -0.2) is 41.1 Å². The molecular formula is C18H24ClNO3S. The van der Waals surface area contributed by atoms with Gasteiger partial charge < -0.3 is 10.2 Å². The molecule has 0 aliphatic carbocycles. The Kier molecular flexibility index (Phi) is 7.90. The second-order valence-electron chi connectivity index (χ2n) is 6.01. The molecule has 0 saturated carbocycles. The Hall–Kier alpha value is -1.40. The maximum Gasteiger partial charge on any atom is 0.203 e. The van der Waals surface area contributed by atoms with Crippen molar-refractivity contribution >= 4 is 29.5 Å². The van der Waals surface area contributed by atoms with Crippen molar-refractivity contribution in [3.63, 3.8) is 0 Å². The van der Waals surface area contributed by atoms with Gasteiger partial charge >= 0.3 is 0 Å². The van der Waals surface area contributed by atoms with E-state index in [0.717, 1.165) is 11.1 Å². The number of halogens is 1. The lowest BCUT2D eigenvalue weighted by molar-refractivity contribution is 0.104. The van der Waals surface area contributed by atoms with Crippen molar-refractivity contribution in [3.8, 4) is 5.75 Å². The van der Waals surface area contributed by atoms with Crippen molar-refractivity contribution in [1.82, 2.24) is 4.90 Å². The van der Waals surface area contributed by atoms with Crippen molar-refractivity contribution in [2.45, 2.75) is 26.3 Å². The maximum atomic E-state index is 12.8. The van der Waals surface area contributed by atoms with Crippen molar-refractivity contribution < 1.29 is 15.0 Å². The molecule has 4 nitrogen and oxygen atoms in total. The first-order valence-corrected chi connectivity index (χ1v) is 8.55. The Morgan fingerprint density at radius 2 is 2.04 bits per heavy atom. The molecule has 0 radical (unpaired) electrons. The SMILES string of the molecule is CC(C)c1c(O)csc1C(=O)c1cccc(CN(C)CCO)c1.Cl. The maximum absolute atomic E-state index is 12.8. The van der Waals surface area contributed by atoms with Crippen LogP contribution in [0.25, 0.3) is 0 Å². The highest BCUT2D eigenvalue weighted by Crippen LogP contribution is 2.35. The fraction of sp³-hybridized carbons (Fsp3) is 0.389. The average molecular weight is 370 g/mol. The fourth-order valence-electron chi connectivity index (χ4n) is 2.60. The molecule has 2 rings (SSSR count). The first-order chi connectivity index (χ1) is 10.9. The fourth-order valence-corrected chi connectivity index (χ4v) is 3.64. The summed E-state index contributed by atoms with van der Waals surface area (Å²) < 4.78 is 0. The number of hydrogen-bond acceptors (Lipinski definition) is 5. The number of benzene rings is 1. The van der Waals surface area contributed by atoms with E-state index >= 15 is 0 Å². The van der Waals surface area contributed by atoms with Gasteiger partial charge in [0.1, 0.15) is 5.75 Å². The molecule has 1 aromatic carbocycles. The van der Waals surface area contributed by atoms with Gasteiger partial charge in [0.15, 0.2) is 0 Å². The van der Waals surface area contributed by atoms with Gasteiger partial charge in [-0.15, -0.1) is 23.7 Å². The van der Waals surface area contributed by atoms with Gasteiger partial charge in [0, 0.05) is 29.6 Å². The van der Waals surface area contributed by atoms with E-state index in [1.807, 2.05) is 44.0 Å². The summed E-state index contributed by atoms with van der Waals surface area (Å²) in [4.78, 5) is 15.4. The summed E-state index contributed by atoms with van der Waals surface area (Å²) in [5.41, 5.74) is 2.38. The van der Waals surface area contributed by atoms with Gasteiger partial charge in [0.25, 0.3) is 0 Å². The summed E-state index contributed by atoms with van der Waals surface area (Å²) >= 11 is 1.29. The van der Waals surface area contributed by atoms with Crippen molar-refractivity contribution in [3.05, 3.63) is 51.2 Å². The number of aliphatic hydroxyl groups excluding tert-OH is 1. The molecule has 0 bridgehead atoms. The number of likely N-dealkylation sites (N-methyl/N-ethyl adjacent to an activating group) is 1. The summed E-state index contributed by atoms with van der Waals surface area (Å²) in [5.74, 6) is 0.247. The lowest BCUT2D eigenvalue weighted by Gasteiger charge is -2.15. The first-order valence-electron chi connectivity index (χ1n) is 7.67. The van der Waals surface area contributed by atoms with Crippen LogP contribution in [0.15, 0.2) is 29.6 Å². The zero-order chi connectivity index (χ0) is 17.0. The smallest absolute Gasteiger partial charge is 0.203 e. The van der Waals surface area contributed by atoms with Crippen molar-refractivity contribution in [1.29, 1.82) is 0 Å². The summed E-state index contributed by atoms with van der Waals surface area (Å²) in [7, 11) is 1.93. The van der Waals surface area contributed by atoms with Crippen LogP contribution in [0.2, 0.25) is 0 Å². The van der Waals surface area contributed by atoms with Crippen LogP contribution in [-0.2, 0) is 6.54 Å². The van der Waals surface area contributed by atoms with Crippen LogP contribution >= 0.6 is 23.7 Å². The monoisotopic (exact) mass is 369 g/mol. The molecule has 6 heteroatoms. The number of ketones is 1. The number of carbonyl (C=O) groups is 1. The van der Waals surface area contributed by atoms with E-state index in [9.17, 15) is 9.90 Å². The molecule has 0 aliphatic rings. The predicted molar refractivity (Wildman–Crippen MR) is 101 cm³/mol. The number of rotatable bonds is 7. The van der Waals surface area contributed by atoms with E-state index < -0.39 is 0 Å². The van der Waals surface area contributed by atoms with Crippen molar-refractivity contribution in [2.75, 3.05) is 20.2 Å². The van der Waals surface area contributed by atoms with Gasteiger partial charge in [-0.2, -0.15) is 0 Å². The predicted octanol–water partition coefficient (Wildman–Crippen LogP) is 3.65. The molecule has 24 heavy (non-hydrogen) atoms. The molecule has 2 N–H and O–H groups in total. The largest absolute Gasteiger partial charge is 0.507 e. The molecule has 0 saturated heterocycles. The highest BCUT2D eigenvalue weighted by Gasteiger charge is 2.21. The molecular weight excluding hydrogens is 346 g/mol. The molecule has 1 heterocycles. The molecule has 0 spiro atoms. The van der Waals surface area contributed by atoms with E-state index in [-0.39, 0.29) is 36.5 Å². The van der Waals surface area contributed by atoms with E-state index in [1.165, 1.54) is 11.3 Å². The number of aliphatic hydroxyl groups is 1. The lowest BCUT2D eigenvalue weighted by atomic mass is 9.98. The third-order valence-corrected chi connectivity index (χ3v) is 4.70. The Bertz CT molecular complexity index is 685. The van der Waals surface area contributed by atoms with Gasteiger partial charge in [-0.25, -0.2) is 0 Å². The number of thiophene rings is 1. The Balaban J connectivity index is 0.00000288. The zero-order valence-corrected chi connectivity index (χ0v) is 15.8. The van der Waals surface area contributed by atoms with E-state index in [4.69, 9.17) is 5.11 Å². The molecule has 0 aliphatic heterocycles. The topological polar surface area (TPSA) is 60.8 Å². The van der Waals surface area contributed by atoms with E-state index in [2.05, 4.69) is 0 Å². The van der Waals surface area contributed by atoms with Crippen LogP contribution in [0.3, 0.4) is 0 Å². The van der Waals surface area contributed by atoms with Crippen LogP contribution in [0.1, 0.15) is 46.1 Å². The average Bonchev–Trinajstić information content (AvgIpc) is 2.89. The molecule has 0 amide bonds. The van der Waals surface area contributed by atoms with Crippen LogP contribution < -0.4 is 0 Å². The van der Waals surface area contributed by atoms with E-state index in [0.29, 0.717) is 23.5 Å². The molecule has 0 atom stereocenters. The third-order valence-electron chi connectivity index (χ3n) is 3.72. The molecule has 1 aromatic heterocycles. The number of hydrogen-bond donors (Lipinski definition) is 2. The van der Waals surface area contributed by atoms with Gasteiger partial charge in [0.2, 0.25) is 5.78 Å². The third kappa shape index (κ3) is 4.80. The van der Waals surface area contributed by atoms with Crippen LogP contribution in [0.5, 0.6) is 5.75 Å².